The molecular weight excluding hydrogens is 546 g/mol. The van der Waals surface area contributed by atoms with Crippen molar-refractivity contribution in [3.05, 3.63) is 162 Å². The summed E-state index contributed by atoms with van der Waals surface area (Å²) in [7, 11) is 1.64. The van der Waals surface area contributed by atoms with Crippen molar-refractivity contribution in [1.82, 2.24) is 4.90 Å². The number of hydrogen-bond donors (Lipinski definition) is 1. The molecule has 1 N–H and O–H groups in total. The van der Waals surface area contributed by atoms with Gasteiger partial charge in [0.05, 0.1) is 19.4 Å². The highest BCUT2D eigenvalue weighted by Gasteiger charge is 2.32. The molecule has 1 atom stereocenters. The fraction of sp³-hybridized carbons (Fsp3) is 0.158. The van der Waals surface area contributed by atoms with E-state index in [4.69, 9.17) is 14.5 Å². The summed E-state index contributed by atoms with van der Waals surface area (Å²) in [6.07, 6.45) is 0. The Morgan fingerprint density at radius 2 is 1.34 bits per heavy atom. The van der Waals surface area contributed by atoms with E-state index < -0.39 is 6.04 Å². The van der Waals surface area contributed by atoms with Gasteiger partial charge in [0.1, 0.15) is 11.6 Å². The normalized spacial score (nSPS) is 11.8. The second-order valence-electron chi connectivity index (χ2n) is 10.2. The molecule has 0 aromatic heterocycles. The Labute approximate surface area is 259 Å². The largest absolute Gasteiger partial charge is 0.497 e. The summed E-state index contributed by atoms with van der Waals surface area (Å²) in [5.41, 5.74) is 5.62. The molecule has 5 aromatic carbocycles. The van der Waals surface area contributed by atoms with Crippen molar-refractivity contribution in [1.29, 1.82) is 0 Å². The zero-order valence-electron chi connectivity index (χ0n) is 25.1. The number of hydrogen-bond acceptors (Lipinski definition) is 5. The molecule has 6 heteroatoms. The van der Waals surface area contributed by atoms with E-state index in [-0.39, 0.29) is 12.6 Å². The lowest BCUT2D eigenvalue weighted by Gasteiger charge is -2.34. The van der Waals surface area contributed by atoms with Gasteiger partial charge in [0.15, 0.2) is 6.04 Å². The van der Waals surface area contributed by atoms with Crippen LogP contribution in [-0.2, 0) is 22.6 Å². The van der Waals surface area contributed by atoms with Gasteiger partial charge in [-0.25, -0.2) is 9.79 Å². The molecule has 44 heavy (non-hydrogen) atoms. The first-order valence-electron chi connectivity index (χ1n) is 14.8. The molecule has 0 aliphatic rings. The molecule has 5 aromatic rings. The van der Waals surface area contributed by atoms with Gasteiger partial charge in [-0.3, -0.25) is 0 Å². The summed E-state index contributed by atoms with van der Waals surface area (Å²) in [6, 6.07) is 45.1. The lowest BCUT2D eigenvalue weighted by Crippen LogP contribution is -2.40. The number of nitrogens with one attached hydrogen (secondary N) is 1. The molecule has 0 bridgehead atoms. The van der Waals surface area contributed by atoms with Gasteiger partial charge in [0.25, 0.3) is 0 Å². The van der Waals surface area contributed by atoms with Gasteiger partial charge in [-0.05, 0) is 72.1 Å². The van der Waals surface area contributed by atoms with Crippen LogP contribution in [0.1, 0.15) is 35.2 Å². The number of benzene rings is 5. The average Bonchev–Trinajstić information content (AvgIpc) is 3.08. The standard InChI is InChI=1S/C38H37N3O3/c1-3-44-38(42)36(31-19-23-33(24-20-31)39-27-29-13-7-4-8-14-29)41(28-30-15-9-5-10-16-30)37(40-34-17-11-6-12-18-34)32-21-25-35(43-2)26-22-32/h4-26,36,39H,3,27-28H2,1-2H3/b40-37-/t36-/m1/s1. The maximum Gasteiger partial charge on any atom is 0.333 e. The van der Waals surface area contributed by atoms with Gasteiger partial charge < -0.3 is 19.7 Å². The number of rotatable bonds is 12. The van der Waals surface area contributed by atoms with Crippen LogP contribution in [0.4, 0.5) is 11.4 Å². The SMILES string of the molecule is CCOC(=O)[C@@H](c1ccc(NCc2ccccc2)cc1)N(Cc1ccccc1)/C(=N\c1ccccc1)c1ccc(OC)cc1. The number of ether oxygens (including phenoxy) is 2. The molecular formula is C38H37N3O3. The van der Waals surface area contributed by atoms with Crippen LogP contribution in [-0.4, -0.2) is 30.4 Å². The van der Waals surface area contributed by atoms with Crippen LogP contribution in [0.15, 0.2) is 145 Å². The molecule has 222 valence electrons. The number of amidine groups is 1. The Kier molecular flexibility index (Phi) is 10.4. The number of carbonyl (C=O) groups is 1. The molecule has 0 aliphatic heterocycles. The van der Waals surface area contributed by atoms with E-state index in [1.54, 1.807) is 7.11 Å². The maximum absolute atomic E-state index is 13.9. The van der Waals surface area contributed by atoms with E-state index in [1.165, 1.54) is 5.56 Å². The molecule has 0 spiro atoms. The number of aliphatic imine (C=N–C) groups is 1. The first kappa shape index (κ1) is 30.1. The maximum atomic E-state index is 13.9. The first-order valence-corrected chi connectivity index (χ1v) is 14.8. The van der Waals surface area contributed by atoms with Crippen LogP contribution in [0.25, 0.3) is 0 Å². The predicted octanol–water partition coefficient (Wildman–Crippen LogP) is 8.19. The van der Waals surface area contributed by atoms with Crippen molar-refractivity contribution in [2.45, 2.75) is 26.1 Å². The number of esters is 1. The molecule has 0 amide bonds. The molecule has 0 aliphatic carbocycles. The fourth-order valence-electron chi connectivity index (χ4n) is 4.98. The molecule has 5 rings (SSSR count). The highest BCUT2D eigenvalue weighted by atomic mass is 16.5. The topological polar surface area (TPSA) is 63.2 Å². The summed E-state index contributed by atoms with van der Waals surface area (Å²) in [6.45, 7) is 3.22. The Bertz CT molecular complexity index is 1620. The van der Waals surface area contributed by atoms with E-state index in [0.29, 0.717) is 18.9 Å². The van der Waals surface area contributed by atoms with Gasteiger partial charge in [0.2, 0.25) is 0 Å². The van der Waals surface area contributed by atoms with Gasteiger partial charge in [-0.15, -0.1) is 0 Å². The van der Waals surface area contributed by atoms with Gasteiger partial charge in [-0.2, -0.15) is 0 Å². The Morgan fingerprint density at radius 3 is 1.93 bits per heavy atom. The lowest BCUT2D eigenvalue weighted by molar-refractivity contribution is -0.148. The van der Waals surface area contributed by atoms with Gasteiger partial charge >= 0.3 is 5.97 Å². The molecule has 0 saturated heterocycles. The number of nitrogens with zero attached hydrogens (tertiary/aromatic N) is 2. The van der Waals surface area contributed by atoms with Crippen LogP contribution < -0.4 is 10.1 Å². The van der Waals surface area contributed by atoms with E-state index in [9.17, 15) is 4.79 Å². The van der Waals surface area contributed by atoms with Crippen LogP contribution in [0, 0.1) is 0 Å². The minimum absolute atomic E-state index is 0.263. The Balaban J connectivity index is 1.59. The van der Waals surface area contributed by atoms with Crippen LogP contribution in [0.2, 0.25) is 0 Å². The summed E-state index contributed by atoms with van der Waals surface area (Å²) < 4.78 is 11.2. The number of anilines is 1. The predicted molar refractivity (Wildman–Crippen MR) is 177 cm³/mol. The number of methoxy groups -OCH3 is 1. The zero-order valence-corrected chi connectivity index (χ0v) is 25.1. The fourth-order valence-corrected chi connectivity index (χ4v) is 4.98. The first-order chi connectivity index (χ1) is 21.6. The molecule has 0 radical (unpaired) electrons. The number of carbonyl (C=O) groups excluding carboxylic acids is 1. The zero-order chi connectivity index (χ0) is 30.6. The number of para-hydroxylation sites is 1. The van der Waals surface area contributed by atoms with Crippen LogP contribution in [0.5, 0.6) is 5.75 Å². The smallest absolute Gasteiger partial charge is 0.333 e. The Hall–Kier alpha value is -5.36. The molecule has 0 fully saturated rings. The van der Waals surface area contributed by atoms with E-state index in [0.717, 1.165) is 33.8 Å². The molecule has 6 nitrogen and oxygen atoms in total. The highest BCUT2D eigenvalue weighted by molar-refractivity contribution is 6.02. The Morgan fingerprint density at radius 1 is 0.750 bits per heavy atom. The van der Waals surface area contributed by atoms with Gasteiger partial charge in [-0.1, -0.05) is 91.0 Å². The second-order valence-corrected chi connectivity index (χ2v) is 10.2. The third-order valence-electron chi connectivity index (χ3n) is 7.19. The van der Waals surface area contributed by atoms with Crippen LogP contribution in [0.3, 0.4) is 0 Å². The molecule has 0 unspecified atom stereocenters. The quantitative estimate of drug-likeness (QED) is 0.0911. The van der Waals surface area contributed by atoms with Crippen molar-refractivity contribution < 1.29 is 14.3 Å². The minimum atomic E-state index is -0.761. The summed E-state index contributed by atoms with van der Waals surface area (Å²) in [5, 5.41) is 3.48. The van der Waals surface area contributed by atoms with Gasteiger partial charge in [0, 0.05) is 24.3 Å². The monoisotopic (exact) mass is 583 g/mol. The van der Waals surface area contributed by atoms with E-state index >= 15 is 0 Å². The summed E-state index contributed by atoms with van der Waals surface area (Å²) >= 11 is 0. The average molecular weight is 584 g/mol. The summed E-state index contributed by atoms with van der Waals surface area (Å²) in [4.78, 5) is 21.1. The van der Waals surface area contributed by atoms with Crippen molar-refractivity contribution >= 4 is 23.2 Å². The highest BCUT2D eigenvalue weighted by Crippen LogP contribution is 2.30. The van der Waals surface area contributed by atoms with E-state index in [2.05, 4.69) is 29.6 Å². The summed E-state index contributed by atoms with van der Waals surface area (Å²) in [5.74, 6) is 1.04. The van der Waals surface area contributed by atoms with Crippen molar-refractivity contribution in [3.8, 4) is 5.75 Å². The third kappa shape index (κ3) is 7.92. The lowest BCUT2D eigenvalue weighted by atomic mass is 10.0. The minimum Gasteiger partial charge on any atom is -0.497 e. The molecule has 0 heterocycles. The second kappa shape index (κ2) is 15.2. The third-order valence-corrected chi connectivity index (χ3v) is 7.19. The van der Waals surface area contributed by atoms with Crippen molar-refractivity contribution in [2.24, 2.45) is 4.99 Å². The van der Waals surface area contributed by atoms with E-state index in [1.807, 2.05) is 127 Å². The van der Waals surface area contributed by atoms with Crippen molar-refractivity contribution in [3.63, 3.8) is 0 Å². The van der Waals surface area contributed by atoms with Crippen molar-refractivity contribution in [2.75, 3.05) is 19.0 Å². The van der Waals surface area contributed by atoms with Crippen LogP contribution >= 0.6 is 0 Å². The molecule has 0 saturated carbocycles.